The van der Waals surface area contributed by atoms with Crippen LogP contribution in [0.2, 0.25) is 0 Å². The van der Waals surface area contributed by atoms with Gasteiger partial charge in [-0.3, -0.25) is 23.2 Å². The van der Waals surface area contributed by atoms with Gasteiger partial charge in [0.25, 0.3) is 40.5 Å². The minimum atomic E-state index is -5.19. The smallest absolute Gasteiger partial charge is 0.296 e. The maximum absolute atomic E-state index is 12.3. The molecule has 6 aromatic rings. The fourth-order valence-electron chi connectivity index (χ4n) is 5.14. The van der Waals surface area contributed by atoms with Crippen molar-refractivity contribution < 1.29 is 57.0 Å². The van der Waals surface area contributed by atoms with Crippen molar-refractivity contribution in [3.63, 3.8) is 0 Å². The van der Waals surface area contributed by atoms with Gasteiger partial charge in [-0.15, -0.1) is 20.5 Å². The molecular weight excluding hydrogens is 769 g/mol. The van der Waals surface area contributed by atoms with Crippen molar-refractivity contribution in [2.24, 2.45) is 20.5 Å². The first-order valence-corrected chi connectivity index (χ1v) is 19.7. The fraction of sp³-hybridized carbons (Fsp3) is 0. The molecule has 0 unspecified atom stereocenters. The lowest BCUT2D eigenvalue weighted by Gasteiger charge is -2.11. The maximum atomic E-state index is 12.3. The van der Waals surface area contributed by atoms with Gasteiger partial charge in [-0.2, -0.15) is 33.7 Å². The molecule has 19 nitrogen and oxygen atoms in total. The number of pyridine rings is 1. The van der Waals surface area contributed by atoms with Crippen molar-refractivity contribution >= 4 is 101 Å². The summed E-state index contributed by atoms with van der Waals surface area (Å²) in [6.45, 7) is 0. The van der Waals surface area contributed by atoms with Gasteiger partial charge in [0.2, 0.25) is 0 Å². The van der Waals surface area contributed by atoms with Gasteiger partial charge in [-0.05, 0) is 60.0 Å². The molecule has 5 aromatic carbocycles. The van der Waals surface area contributed by atoms with Crippen LogP contribution in [-0.4, -0.2) is 62.0 Å². The van der Waals surface area contributed by atoms with Gasteiger partial charge in [0, 0.05) is 21.5 Å². The average Bonchev–Trinajstić information content (AvgIpc) is 3.04. The number of hydrogen-bond acceptors (Lipinski definition) is 15. The minimum Gasteiger partial charge on any atom is -0.505 e. The summed E-state index contributed by atoms with van der Waals surface area (Å²) in [4.78, 5) is 1.21. The Labute approximate surface area is 292 Å². The second-order valence-corrected chi connectivity index (χ2v) is 16.4. The van der Waals surface area contributed by atoms with Crippen molar-refractivity contribution in [3.8, 4) is 5.75 Å². The van der Waals surface area contributed by atoms with Crippen LogP contribution in [0.1, 0.15) is 0 Å². The molecule has 0 amide bonds. The molecule has 23 heteroatoms. The van der Waals surface area contributed by atoms with Crippen LogP contribution in [0.3, 0.4) is 0 Å². The zero-order valence-corrected chi connectivity index (χ0v) is 28.7. The lowest BCUT2D eigenvalue weighted by molar-refractivity contribution is 0.472. The number of rotatable bonds is 8. The second kappa shape index (κ2) is 12.6. The Hall–Kier alpha value is -5.53. The van der Waals surface area contributed by atoms with Crippen LogP contribution < -0.4 is 5.73 Å². The van der Waals surface area contributed by atoms with E-state index in [2.05, 4.69) is 25.4 Å². The van der Waals surface area contributed by atoms with E-state index in [1.165, 1.54) is 48.7 Å². The minimum absolute atomic E-state index is 0.0252. The van der Waals surface area contributed by atoms with Crippen LogP contribution in [0.25, 0.3) is 32.4 Å². The van der Waals surface area contributed by atoms with E-state index in [1.54, 1.807) is 0 Å². The van der Waals surface area contributed by atoms with Crippen LogP contribution in [0.4, 0.5) is 28.4 Å². The number of phenols is 1. The summed E-state index contributed by atoms with van der Waals surface area (Å²) in [5.41, 5.74) is 4.40. The molecule has 6 rings (SSSR count). The van der Waals surface area contributed by atoms with E-state index in [9.17, 15) is 57.0 Å². The van der Waals surface area contributed by atoms with Crippen LogP contribution in [0.5, 0.6) is 5.75 Å². The number of nitrogens with zero attached hydrogens (tertiary/aromatic N) is 5. The summed E-state index contributed by atoms with van der Waals surface area (Å²) in [5.74, 6) is -0.927. The highest BCUT2D eigenvalue weighted by Gasteiger charge is 2.25. The number of aromatic nitrogens is 1. The lowest BCUT2D eigenvalue weighted by Crippen LogP contribution is -2.04. The summed E-state index contributed by atoms with van der Waals surface area (Å²) in [5, 5.41) is 26.9. The number of aromatic hydroxyl groups is 1. The molecule has 1 aromatic heterocycles. The van der Waals surface area contributed by atoms with Crippen LogP contribution in [-0.2, 0) is 40.5 Å². The van der Waals surface area contributed by atoms with E-state index in [-0.39, 0.29) is 44.1 Å². The Morgan fingerprint density at radius 2 is 1.17 bits per heavy atom. The average molecular weight is 789 g/mol. The van der Waals surface area contributed by atoms with Crippen molar-refractivity contribution in [3.05, 3.63) is 79.0 Å². The zero-order valence-electron chi connectivity index (χ0n) is 25.5. The number of anilines is 1. The number of fused-ring (bicyclic) bond motifs is 3. The molecule has 7 N–H and O–H groups in total. The largest absolute Gasteiger partial charge is 0.505 e. The van der Waals surface area contributed by atoms with Gasteiger partial charge in [0.15, 0.2) is 5.75 Å². The van der Waals surface area contributed by atoms with E-state index in [1.807, 2.05) is 0 Å². The van der Waals surface area contributed by atoms with Gasteiger partial charge in [0.1, 0.15) is 26.1 Å². The first kappa shape index (κ1) is 36.3. The number of hydrogen-bond donors (Lipinski definition) is 6. The van der Waals surface area contributed by atoms with Crippen LogP contribution in [0.15, 0.2) is 119 Å². The number of para-hydroxylation sites is 1. The number of benzene rings is 5. The van der Waals surface area contributed by atoms with Crippen molar-refractivity contribution in [1.29, 1.82) is 0 Å². The first-order chi connectivity index (χ1) is 24.1. The Balaban J connectivity index is 1.49. The summed E-state index contributed by atoms with van der Waals surface area (Å²) in [6.07, 6.45) is 1.18. The van der Waals surface area contributed by atoms with Crippen molar-refractivity contribution in [2.45, 2.75) is 19.6 Å². The Bertz CT molecular complexity index is 3040. The molecule has 1 heterocycles. The highest BCUT2D eigenvalue weighted by Crippen LogP contribution is 2.44. The highest BCUT2D eigenvalue weighted by molar-refractivity contribution is 7.86. The van der Waals surface area contributed by atoms with Crippen LogP contribution in [0, 0.1) is 0 Å². The molecular formula is C29H20N6O13S4. The quantitative estimate of drug-likeness (QED) is 0.0617. The Morgan fingerprint density at radius 3 is 1.81 bits per heavy atom. The normalized spacial score (nSPS) is 13.2. The van der Waals surface area contributed by atoms with Crippen molar-refractivity contribution in [1.82, 2.24) is 4.98 Å². The molecule has 0 fully saturated rings. The molecule has 0 saturated carbocycles. The molecule has 0 aliphatic rings. The predicted octanol–water partition coefficient (Wildman–Crippen LogP) is 5.65. The van der Waals surface area contributed by atoms with E-state index in [0.717, 1.165) is 30.3 Å². The molecule has 0 radical (unpaired) electrons. The standard InChI is InChI=1S/C29H20N6O13S4/c30-21-12-19-15(9-25(21)51(43,44)45)10-26(52(46,47)48)28(29(19)36)35-34-23-7-6-22(18-5-4-17(11-20(18)23)49(37,38)39)33-32-16-8-14-2-1-3-24(50(40,41)42)27(14)31-13-16/h1-13,36H,30H2,(H,37,38,39)(H,40,41,42)(H,43,44,45)(H,46,47,48). The molecule has 52 heavy (non-hydrogen) atoms. The van der Waals surface area contributed by atoms with Gasteiger partial charge >= 0.3 is 0 Å². The van der Waals surface area contributed by atoms with E-state index >= 15 is 0 Å². The van der Waals surface area contributed by atoms with Crippen LogP contribution >= 0.6 is 0 Å². The third-order valence-electron chi connectivity index (χ3n) is 7.45. The first-order valence-electron chi connectivity index (χ1n) is 13.9. The molecule has 0 aliphatic carbocycles. The number of nitrogen functional groups attached to an aromatic ring is 1. The SMILES string of the molecule is Nc1cc2c(O)c(N=Nc3ccc(N=Nc4cnc5c(S(=O)(=O)O)cccc5c4)c4ccc(S(=O)(=O)O)cc34)c(S(=O)(=O)O)cc2cc1S(=O)(=O)O. The van der Waals surface area contributed by atoms with E-state index < -0.39 is 77.2 Å². The third-order valence-corrected chi connectivity index (χ3v) is 11.0. The topological polar surface area (TPSA) is 326 Å². The molecule has 268 valence electrons. The van der Waals surface area contributed by atoms with E-state index in [4.69, 9.17) is 5.73 Å². The number of azo groups is 2. The predicted molar refractivity (Wildman–Crippen MR) is 183 cm³/mol. The lowest BCUT2D eigenvalue weighted by atomic mass is 10.1. The molecule has 0 spiro atoms. The van der Waals surface area contributed by atoms with E-state index in [0.29, 0.717) is 5.39 Å². The fourth-order valence-corrected chi connectivity index (χ4v) is 7.60. The summed E-state index contributed by atoms with van der Waals surface area (Å²) in [7, 11) is -19.4. The van der Waals surface area contributed by atoms with Gasteiger partial charge in [0.05, 0.1) is 33.7 Å². The zero-order chi connectivity index (χ0) is 38.0. The summed E-state index contributed by atoms with van der Waals surface area (Å²) < 4.78 is 134. The number of phenolic OH excluding ortho intramolecular Hbond substituents is 1. The highest BCUT2D eigenvalue weighted by atomic mass is 32.2. The van der Waals surface area contributed by atoms with Gasteiger partial charge in [-0.25, -0.2) is 0 Å². The van der Waals surface area contributed by atoms with Crippen molar-refractivity contribution in [2.75, 3.05) is 5.73 Å². The third kappa shape index (κ3) is 7.01. The summed E-state index contributed by atoms with van der Waals surface area (Å²) >= 11 is 0. The molecule has 0 saturated heterocycles. The van der Waals surface area contributed by atoms with Gasteiger partial charge < -0.3 is 10.8 Å². The Morgan fingerprint density at radius 1 is 0.558 bits per heavy atom. The van der Waals surface area contributed by atoms with Gasteiger partial charge in [-0.1, -0.05) is 18.2 Å². The summed E-state index contributed by atoms with van der Waals surface area (Å²) in [6, 6.07) is 13.8. The monoisotopic (exact) mass is 788 g/mol. The molecule has 0 bridgehead atoms. The molecule has 0 atom stereocenters. The Kier molecular flexibility index (Phi) is 8.79. The molecule has 0 aliphatic heterocycles. The number of nitrogens with two attached hydrogens (primary N) is 1. The second-order valence-electron chi connectivity index (χ2n) is 10.8. The maximum Gasteiger partial charge on any atom is 0.296 e.